The predicted molar refractivity (Wildman–Crippen MR) is 83.1 cm³/mol. The number of nitrogens with zero attached hydrogens (tertiary/aromatic N) is 1. The number of para-hydroxylation sites is 1. The maximum Gasteiger partial charge on any atom is 0.238 e. The molecule has 1 aliphatic heterocycles. The van der Waals surface area contributed by atoms with Crippen LogP contribution in [0.5, 0.6) is 11.5 Å². The topological polar surface area (TPSA) is 55.8 Å². The van der Waals surface area contributed by atoms with Gasteiger partial charge in [0.05, 0.1) is 6.61 Å². The van der Waals surface area contributed by atoms with Crippen molar-refractivity contribution in [2.75, 3.05) is 19.1 Å². The Kier molecular flexibility index (Phi) is 4.42. The van der Waals surface area contributed by atoms with Crippen LogP contribution >= 0.6 is 0 Å². The van der Waals surface area contributed by atoms with E-state index in [-0.39, 0.29) is 5.94 Å². The van der Waals surface area contributed by atoms with Gasteiger partial charge in [0.25, 0.3) is 0 Å². The van der Waals surface area contributed by atoms with Crippen LogP contribution in [0.15, 0.2) is 54.6 Å². The van der Waals surface area contributed by atoms with Crippen molar-refractivity contribution in [1.82, 2.24) is 4.31 Å². The lowest BCUT2D eigenvalue weighted by Gasteiger charge is -2.26. The van der Waals surface area contributed by atoms with Crippen LogP contribution in [-0.4, -0.2) is 31.8 Å². The summed E-state index contributed by atoms with van der Waals surface area (Å²) < 4.78 is 36.1. The van der Waals surface area contributed by atoms with E-state index in [1.54, 1.807) is 0 Å². The zero-order valence-electron chi connectivity index (χ0n) is 12.0. The Hall–Kier alpha value is -1.89. The lowest BCUT2D eigenvalue weighted by Crippen LogP contribution is -2.40. The summed E-state index contributed by atoms with van der Waals surface area (Å²) in [5.74, 6) is 1.20. The highest BCUT2D eigenvalue weighted by atomic mass is 32.2. The molecule has 1 saturated heterocycles. The molecule has 2 aromatic carbocycles. The van der Waals surface area contributed by atoms with Crippen molar-refractivity contribution in [3.05, 3.63) is 60.2 Å². The fraction of sp³-hybridized carbons (Fsp3) is 0.250. The van der Waals surface area contributed by atoms with Crippen LogP contribution in [0.3, 0.4) is 0 Å². The number of sulfonamides is 1. The molecule has 3 rings (SSSR count). The Bertz CT molecular complexity index is 731. The molecule has 0 saturated carbocycles. The van der Waals surface area contributed by atoms with Gasteiger partial charge in [0, 0.05) is 13.1 Å². The molecule has 116 valence electrons. The molecule has 1 heterocycles. The molecule has 0 N–H and O–H groups in total. The van der Waals surface area contributed by atoms with Gasteiger partial charge in [-0.3, -0.25) is 0 Å². The fourth-order valence-corrected chi connectivity index (χ4v) is 3.43. The molecule has 1 aliphatic rings. The first-order chi connectivity index (χ1) is 10.6. The first kappa shape index (κ1) is 15.0. The SMILES string of the molecule is O=S1(=O)COCCN1Cc1cccc(Oc2ccccc2)c1. The van der Waals surface area contributed by atoms with Crippen molar-refractivity contribution in [3.8, 4) is 11.5 Å². The maximum absolute atomic E-state index is 11.9. The largest absolute Gasteiger partial charge is 0.457 e. The molecule has 0 bridgehead atoms. The van der Waals surface area contributed by atoms with Crippen LogP contribution in [0.4, 0.5) is 0 Å². The zero-order valence-corrected chi connectivity index (χ0v) is 12.8. The van der Waals surface area contributed by atoms with E-state index in [4.69, 9.17) is 9.47 Å². The Morgan fingerprint density at radius 2 is 1.82 bits per heavy atom. The third-order valence-electron chi connectivity index (χ3n) is 3.35. The Morgan fingerprint density at radius 3 is 2.59 bits per heavy atom. The smallest absolute Gasteiger partial charge is 0.238 e. The number of ether oxygens (including phenoxy) is 2. The van der Waals surface area contributed by atoms with Gasteiger partial charge < -0.3 is 9.47 Å². The molecule has 0 aliphatic carbocycles. The third-order valence-corrected chi connectivity index (χ3v) is 4.91. The highest BCUT2D eigenvalue weighted by molar-refractivity contribution is 7.88. The van der Waals surface area contributed by atoms with Gasteiger partial charge in [-0.25, -0.2) is 8.42 Å². The summed E-state index contributed by atoms with van der Waals surface area (Å²) in [5.41, 5.74) is 0.888. The normalized spacial score (nSPS) is 18.0. The van der Waals surface area contributed by atoms with Gasteiger partial charge >= 0.3 is 0 Å². The van der Waals surface area contributed by atoms with E-state index in [2.05, 4.69) is 0 Å². The average molecular weight is 319 g/mol. The zero-order chi connectivity index (χ0) is 15.4. The highest BCUT2D eigenvalue weighted by Crippen LogP contribution is 2.23. The molecule has 1 fully saturated rings. The van der Waals surface area contributed by atoms with Gasteiger partial charge in [-0.15, -0.1) is 0 Å². The maximum atomic E-state index is 11.9. The molecule has 5 nitrogen and oxygen atoms in total. The second kappa shape index (κ2) is 6.48. The van der Waals surface area contributed by atoms with Crippen molar-refractivity contribution in [1.29, 1.82) is 0 Å². The minimum absolute atomic E-state index is 0.243. The standard InChI is InChI=1S/C16H17NO4S/c18-22(19)13-20-10-9-17(22)12-14-5-4-8-16(11-14)21-15-6-2-1-3-7-15/h1-8,11H,9-10,12-13H2. The summed E-state index contributed by atoms with van der Waals surface area (Å²) in [5, 5.41) is 0. The molecule has 0 radical (unpaired) electrons. The Balaban J connectivity index is 1.74. The van der Waals surface area contributed by atoms with Crippen molar-refractivity contribution in [2.45, 2.75) is 6.54 Å². The molecule has 0 aromatic heterocycles. The highest BCUT2D eigenvalue weighted by Gasteiger charge is 2.26. The molecule has 0 atom stereocenters. The summed E-state index contributed by atoms with van der Waals surface area (Å²) in [7, 11) is -3.32. The monoisotopic (exact) mass is 319 g/mol. The summed E-state index contributed by atoms with van der Waals surface area (Å²) >= 11 is 0. The van der Waals surface area contributed by atoms with Crippen LogP contribution in [0.25, 0.3) is 0 Å². The number of hydrogen-bond donors (Lipinski definition) is 0. The van der Waals surface area contributed by atoms with E-state index in [1.165, 1.54) is 4.31 Å². The number of rotatable bonds is 4. The molecule has 0 unspecified atom stereocenters. The molecule has 22 heavy (non-hydrogen) atoms. The van der Waals surface area contributed by atoms with Gasteiger partial charge in [0.2, 0.25) is 10.0 Å². The molecule has 0 spiro atoms. The number of benzene rings is 2. The van der Waals surface area contributed by atoms with Crippen molar-refractivity contribution in [2.24, 2.45) is 0 Å². The van der Waals surface area contributed by atoms with Gasteiger partial charge in [-0.1, -0.05) is 30.3 Å². The van der Waals surface area contributed by atoms with Crippen LogP contribution in [0.2, 0.25) is 0 Å². The van der Waals surface area contributed by atoms with Crippen molar-refractivity contribution in [3.63, 3.8) is 0 Å². The fourth-order valence-electron chi connectivity index (χ4n) is 2.26. The summed E-state index contributed by atoms with van der Waals surface area (Å²) in [6.07, 6.45) is 0. The third kappa shape index (κ3) is 3.65. The van der Waals surface area contributed by atoms with Crippen molar-refractivity contribution < 1.29 is 17.9 Å². The Morgan fingerprint density at radius 1 is 1.05 bits per heavy atom. The van der Waals surface area contributed by atoms with Crippen LogP contribution in [0, 0.1) is 0 Å². The van der Waals surface area contributed by atoms with Gasteiger partial charge in [0.1, 0.15) is 11.5 Å². The average Bonchev–Trinajstić information content (AvgIpc) is 2.51. The van der Waals surface area contributed by atoms with E-state index < -0.39 is 10.0 Å². The lowest BCUT2D eigenvalue weighted by atomic mass is 10.2. The molecule has 6 heteroatoms. The second-order valence-corrected chi connectivity index (χ2v) is 6.95. The van der Waals surface area contributed by atoms with E-state index in [9.17, 15) is 8.42 Å². The van der Waals surface area contributed by atoms with Gasteiger partial charge in [0.15, 0.2) is 5.94 Å². The molecule has 0 amide bonds. The van der Waals surface area contributed by atoms with Crippen LogP contribution < -0.4 is 4.74 Å². The molecular weight excluding hydrogens is 302 g/mol. The van der Waals surface area contributed by atoms with Crippen molar-refractivity contribution >= 4 is 10.0 Å². The summed E-state index contributed by atoms with van der Waals surface area (Å²) in [6.45, 7) is 1.14. The number of hydrogen-bond acceptors (Lipinski definition) is 4. The minimum atomic E-state index is -3.32. The van der Waals surface area contributed by atoms with Crippen LogP contribution in [-0.2, 0) is 21.3 Å². The second-order valence-electron chi connectivity index (χ2n) is 5.03. The first-order valence-electron chi connectivity index (χ1n) is 7.01. The Labute approximate surface area is 130 Å². The quantitative estimate of drug-likeness (QED) is 0.869. The minimum Gasteiger partial charge on any atom is -0.457 e. The first-order valence-corrected chi connectivity index (χ1v) is 8.62. The summed E-state index contributed by atoms with van der Waals surface area (Å²) in [4.78, 5) is 0. The van der Waals surface area contributed by atoms with Gasteiger partial charge in [-0.2, -0.15) is 4.31 Å². The van der Waals surface area contributed by atoms with E-state index in [0.717, 1.165) is 11.3 Å². The lowest BCUT2D eigenvalue weighted by molar-refractivity contribution is 0.130. The van der Waals surface area contributed by atoms with Crippen LogP contribution in [0.1, 0.15) is 5.56 Å². The molecule has 2 aromatic rings. The van der Waals surface area contributed by atoms with E-state index >= 15 is 0 Å². The predicted octanol–water partition coefficient (Wildman–Crippen LogP) is 2.60. The molecular formula is C16H17NO4S. The van der Waals surface area contributed by atoms with Gasteiger partial charge in [-0.05, 0) is 29.8 Å². The van der Waals surface area contributed by atoms with E-state index in [1.807, 2.05) is 54.6 Å². The summed E-state index contributed by atoms with van der Waals surface area (Å²) in [6, 6.07) is 16.9. The van der Waals surface area contributed by atoms with E-state index in [0.29, 0.717) is 25.4 Å².